The number of carbonyl (C=O) groups excluding carboxylic acids is 2. The second-order valence-corrected chi connectivity index (χ2v) is 9.60. The van der Waals surface area contributed by atoms with Gasteiger partial charge in [-0.15, -0.1) is 0 Å². The Morgan fingerprint density at radius 3 is 2.58 bits per heavy atom. The quantitative estimate of drug-likeness (QED) is 0.672. The fourth-order valence-corrected chi connectivity index (χ4v) is 4.86. The van der Waals surface area contributed by atoms with Crippen LogP contribution >= 0.6 is 0 Å². The van der Waals surface area contributed by atoms with Crippen molar-refractivity contribution in [2.45, 2.75) is 38.0 Å². The molecule has 1 aliphatic heterocycles. The number of alkyl halides is 3. The molecule has 0 aromatic carbocycles. The van der Waals surface area contributed by atoms with Crippen LogP contribution in [0.15, 0.2) is 33.7 Å². The maximum absolute atomic E-state index is 13.0. The van der Waals surface area contributed by atoms with Crippen LogP contribution in [0, 0.1) is 5.92 Å². The fourth-order valence-electron chi connectivity index (χ4n) is 3.32. The molecule has 0 spiro atoms. The average Bonchev–Trinajstić information content (AvgIpc) is 3.19. The van der Waals surface area contributed by atoms with E-state index in [2.05, 4.69) is 14.4 Å². The van der Waals surface area contributed by atoms with E-state index in [9.17, 15) is 31.2 Å². The third kappa shape index (κ3) is 3.94. The highest BCUT2D eigenvalue weighted by molar-refractivity contribution is 7.93. The summed E-state index contributed by atoms with van der Waals surface area (Å²) in [6, 6.07) is -0.179. The zero-order chi connectivity index (χ0) is 22.8. The number of allylic oxidation sites excluding steroid dienone is 2. The van der Waals surface area contributed by atoms with Gasteiger partial charge in [-0.05, 0) is 38.0 Å². The molecule has 1 aromatic rings. The van der Waals surface area contributed by atoms with E-state index in [1.54, 1.807) is 6.92 Å². The summed E-state index contributed by atoms with van der Waals surface area (Å²) in [7, 11) is -2.51. The molecule has 2 aliphatic carbocycles. The van der Waals surface area contributed by atoms with Gasteiger partial charge in [0, 0.05) is 11.6 Å². The number of nitrogens with zero attached hydrogens (tertiary/aromatic N) is 3. The van der Waals surface area contributed by atoms with Crippen LogP contribution in [0.1, 0.15) is 31.2 Å². The first-order valence-corrected chi connectivity index (χ1v) is 10.7. The molecule has 31 heavy (non-hydrogen) atoms. The fraction of sp³-hybridized carbons (Fsp3) is 0.444. The number of hydrogen-bond acceptors (Lipinski definition) is 6. The van der Waals surface area contributed by atoms with Crippen molar-refractivity contribution in [3.63, 3.8) is 0 Å². The summed E-state index contributed by atoms with van der Waals surface area (Å²) in [6.45, 7) is 1.19. The molecule has 1 unspecified atom stereocenters. The van der Waals surface area contributed by atoms with E-state index < -0.39 is 51.8 Å². The topological polar surface area (TPSA) is 113 Å². The first kappa shape index (κ1) is 21.4. The highest BCUT2D eigenvalue weighted by Gasteiger charge is 2.48. The largest absolute Gasteiger partial charge is 0.501 e. The van der Waals surface area contributed by atoms with E-state index in [1.165, 1.54) is 25.3 Å². The van der Waals surface area contributed by atoms with Gasteiger partial charge in [0.05, 0.1) is 12.0 Å². The first-order chi connectivity index (χ1) is 14.3. The predicted molar refractivity (Wildman–Crippen MR) is 99.0 cm³/mol. The van der Waals surface area contributed by atoms with Crippen LogP contribution in [0.25, 0.3) is 0 Å². The number of fused-ring (bicyclic) bond motifs is 1. The third-order valence-corrected chi connectivity index (χ3v) is 7.01. The van der Waals surface area contributed by atoms with Gasteiger partial charge in [-0.3, -0.25) is 0 Å². The number of rotatable bonds is 5. The second kappa shape index (κ2) is 6.85. The standard InChI is InChI=1S/C18H18F3N4O5S/c1-17(5-6-17)23-31(28,29)11-3-4-13-12(8-11)15(26)25(16(27)24(13)2)9-10-7-14(22-30-10)18(19,20)21/h3-4,7-8,12,23H,5-6,9H2,1-2H3/q+1. The molecule has 1 atom stereocenters. The summed E-state index contributed by atoms with van der Waals surface area (Å²) in [4.78, 5) is 26.2. The maximum atomic E-state index is 13.0. The molecular formula is C18H18F3N4O5S+. The Hall–Kier alpha value is -2.80. The number of sulfonamides is 1. The highest BCUT2D eigenvalue weighted by atomic mass is 32.2. The van der Waals surface area contributed by atoms with Gasteiger partial charge >= 0.3 is 18.1 Å². The molecule has 0 radical (unpaired) electrons. The van der Waals surface area contributed by atoms with Crippen LogP contribution in [0.3, 0.4) is 0 Å². The van der Waals surface area contributed by atoms with Gasteiger partial charge in [0.2, 0.25) is 10.0 Å². The van der Waals surface area contributed by atoms with Gasteiger partial charge in [0.15, 0.2) is 18.0 Å². The Morgan fingerprint density at radius 2 is 2.00 bits per heavy atom. The van der Waals surface area contributed by atoms with Crippen LogP contribution < -0.4 is 4.72 Å². The summed E-state index contributed by atoms with van der Waals surface area (Å²) in [5.74, 6) is -2.22. The molecule has 2 heterocycles. The van der Waals surface area contributed by atoms with Gasteiger partial charge in [-0.2, -0.15) is 27.4 Å². The van der Waals surface area contributed by atoms with E-state index in [1.807, 2.05) is 0 Å². The second-order valence-electron chi connectivity index (χ2n) is 7.91. The number of nitrogens with one attached hydrogen (secondary N) is 1. The maximum Gasteiger partial charge on any atom is 0.501 e. The number of imide groups is 1. The molecule has 166 valence electrons. The zero-order valence-electron chi connectivity index (χ0n) is 16.4. The van der Waals surface area contributed by atoms with E-state index >= 15 is 0 Å². The first-order valence-electron chi connectivity index (χ1n) is 9.23. The van der Waals surface area contributed by atoms with Gasteiger partial charge in [-0.1, -0.05) is 5.16 Å². The molecule has 9 nitrogen and oxygen atoms in total. The molecule has 4 rings (SSSR count). The van der Waals surface area contributed by atoms with Gasteiger partial charge < -0.3 is 4.52 Å². The van der Waals surface area contributed by atoms with Crippen molar-refractivity contribution < 1.29 is 40.3 Å². The van der Waals surface area contributed by atoms with Crippen molar-refractivity contribution in [1.82, 2.24) is 14.8 Å². The molecule has 13 heteroatoms. The summed E-state index contributed by atoms with van der Waals surface area (Å²) in [5.41, 5.74) is -1.54. The summed E-state index contributed by atoms with van der Waals surface area (Å²) in [6.07, 6.45) is 0.566. The SMILES string of the molecule is C[N+]1=C2C=CC(S(=O)(=O)NC3(C)CC3)=CC2C(=O)N(Cc2cc(C(F)(F)F)no2)C1=O. The molecule has 1 fully saturated rings. The van der Waals surface area contributed by atoms with Crippen LogP contribution in [-0.4, -0.2) is 53.3 Å². The minimum atomic E-state index is -4.74. The minimum absolute atomic E-state index is 0.121. The lowest BCUT2D eigenvalue weighted by Gasteiger charge is -2.26. The Kier molecular flexibility index (Phi) is 4.74. The number of aromatic nitrogens is 1. The number of carbonyl (C=O) groups is 2. The van der Waals surface area contributed by atoms with Crippen molar-refractivity contribution >= 4 is 27.7 Å². The third-order valence-electron chi connectivity index (χ3n) is 5.36. The minimum Gasteiger partial charge on any atom is -0.357 e. The Bertz CT molecular complexity index is 1170. The van der Waals surface area contributed by atoms with Crippen molar-refractivity contribution in [2.75, 3.05) is 7.05 Å². The summed E-state index contributed by atoms with van der Waals surface area (Å²) in [5, 5.41) is 2.91. The summed E-state index contributed by atoms with van der Waals surface area (Å²) < 4.78 is 71.9. The van der Waals surface area contributed by atoms with Crippen LogP contribution in [0.5, 0.6) is 0 Å². The number of halogens is 3. The van der Waals surface area contributed by atoms with E-state index in [4.69, 9.17) is 0 Å². The van der Waals surface area contributed by atoms with E-state index in [-0.39, 0.29) is 16.4 Å². The van der Waals surface area contributed by atoms with Crippen molar-refractivity contribution in [3.8, 4) is 0 Å². The van der Waals surface area contributed by atoms with Crippen molar-refractivity contribution in [2.24, 2.45) is 5.92 Å². The predicted octanol–water partition coefficient (Wildman–Crippen LogP) is 1.78. The van der Waals surface area contributed by atoms with Gasteiger partial charge in [-0.25, -0.2) is 17.9 Å². The van der Waals surface area contributed by atoms with Crippen LogP contribution in [-0.2, 0) is 27.5 Å². The molecule has 1 saturated carbocycles. The average molecular weight is 459 g/mol. The number of amides is 3. The Labute approximate surface area is 174 Å². The number of urea groups is 1. The van der Waals surface area contributed by atoms with Crippen LogP contribution in [0.4, 0.5) is 18.0 Å². The smallest absolute Gasteiger partial charge is 0.357 e. The molecule has 0 saturated heterocycles. The Morgan fingerprint density at radius 1 is 1.32 bits per heavy atom. The molecule has 3 aliphatic rings. The lowest BCUT2D eigenvalue weighted by atomic mass is 9.94. The van der Waals surface area contributed by atoms with E-state index in [0.29, 0.717) is 23.8 Å². The monoisotopic (exact) mass is 459 g/mol. The molecule has 1 aromatic heterocycles. The Balaban J connectivity index is 1.63. The molecule has 1 N–H and O–H groups in total. The summed E-state index contributed by atoms with van der Waals surface area (Å²) >= 11 is 0. The zero-order valence-corrected chi connectivity index (χ0v) is 17.2. The van der Waals surface area contributed by atoms with Crippen molar-refractivity contribution in [1.29, 1.82) is 0 Å². The molecular weight excluding hydrogens is 441 g/mol. The molecule has 0 bridgehead atoms. The van der Waals surface area contributed by atoms with E-state index in [0.717, 1.165) is 4.58 Å². The van der Waals surface area contributed by atoms with Gasteiger partial charge in [0.25, 0.3) is 0 Å². The lowest BCUT2D eigenvalue weighted by Crippen LogP contribution is -2.53. The lowest BCUT2D eigenvalue weighted by molar-refractivity contribution is -0.406. The molecule has 3 amide bonds. The van der Waals surface area contributed by atoms with Crippen molar-refractivity contribution in [3.05, 3.63) is 40.7 Å². The normalized spacial score (nSPS) is 23.2. The van der Waals surface area contributed by atoms with Gasteiger partial charge in [0.1, 0.15) is 11.6 Å². The number of hydrogen-bond donors (Lipinski definition) is 1. The van der Waals surface area contributed by atoms with Crippen LogP contribution in [0.2, 0.25) is 0 Å². The highest BCUT2D eigenvalue weighted by Crippen LogP contribution is 2.36.